The van der Waals surface area contributed by atoms with Gasteiger partial charge in [-0.2, -0.15) is 5.10 Å². The Morgan fingerprint density at radius 2 is 1.79 bits per heavy atom. The minimum Gasteiger partial charge on any atom is -0.387 e. The molecular weight excluding hydrogens is 492 g/mol. The van der Waals surface area contributed by atoms with Crippen molar-refractivity contribution in [2.45, 2.75) is 45.6 Å². The van der Waals surface area contributed by atoms with Crippen LogP contribution in [0.25, 0.3) is 22.3 Å². The van der Waals surface area contributed by atoms with Crippen molar-refractivity contribution >= 4 is 16.9 Å². The van der Waals surface area contributed by atoms with Crippen molar-refractivity contribution in [3.63, 3.8) is 0 Å². The average Bonchev–Trinajstić information content (AvgIpc) is 3.38. The van der Waals surface area contributed by atoms with Crippen molar-refractivity contribution in [3.8, 4) is 11.3 Å². The van der Waals surface area contributed by atoms with Crippen LogP contribution < -0.4 is 4.90 Å². The van der Waals surface area contributed by atoms with E-state index in [-0.39, 0.29) is 0 Å². The highest BCUT2D eigenvalue weighted by atomic mass is 19.1. The fourth-order valence-electron chi connectivity index (χ4n) is 4.56. The topological polar surface area (TPSA) is 103 Å². The molecule has 1 aliphatic rings. The first kappa shape index (κ1) is 26.1. The van der Waals surface area contributed by atoms with Crippen LogP contribution in [0, 0.1) is 11.6 Å². The largest absolute Gasteiger partial charge is 0.387 e. The summed E-state index contributed by atoms with van der Waals surface area (Å²) in [6.07, 6.45) is 4.05. The van der Waals surface area contributed by atoms with Gasteiger partial charge in [-0.1, -0.05) is 6.07 Å². The number of pyridine rings is 1. The van der Waals surface area contributed by atoms with Gasteiger partial charge in [0.05, 0.1) is 29.2 Å². The Morgan fingerprint density at radius 1 is 1.03 bits per heavy atom. The summed E-state index contributed by atoms with van der Waals surface area (Å²) in [5.74, 6) is -0.449. The first-order valence-electron chi connectivity index (χ1n) is 12.6. The third kappa shape index (κ3) is 5.35. The number of aromatic nitrogens is 5. The highest BCUT2D eigenvalue weighted by molar-refractivity contribution is 5.83. The van der Waals surface area contributed by atoms with Crippen LogP contribution in [-0.4, -0.2) is 71.6 Å². The number of aliphatic hydroxyl groups excluding tert-OH is 1. The van der Waals surface area contributed by atoms with Crippen molar-refractivity contribution < 1.29 is 19.0 Å². The van der Waals surface area contributed by atoms with E-state index in [0.717, 1.165) is 11.6 Å². The van der Waals surface area contributed by atoms with E-state index in [4.69, 9.17) is 9.97 Å². The number of nitrogens with zero attached hydrogens (tertiary/aromatic N) is 7. The van der Waals surface area contributed by atoms with E-state index in [1.807, 2.05) is 17.8 Å². The highest BCUT2D eigenvalue weighted by Crippen LogP contribution is 2.32. The standard InChI is InChI=1S/C27H31F2N7O2/c1-4-36-16-18(13-31-36)24-26(33-21-12-22(25(37)27(2,3)38)30-14-23(21)32-24)35-9-7-34(8-10-35)15-17-5-6-19(28)11-20(17)29/h5-6,11-14,16,25,37-38H,4,7-10,15H2,1-3H3/t25-/m1/s1. The van der Waals surface area contributed by atoms with Crippen molar-refractivity contribution in [2.75, 3.05) is 31.1 Å². The number of rotatable bonds is 7. The maximum Gasteiger partial charge on any atom is 0.156 e. The van der Waals surface area contributed by atoms with Crippen molar-refractivity contribution in [2.24, 2.45) is 0 Å². The number of anilines is 1. The Kier molecular flexibility index (Phi) is 7.08. The van der Waals surface area contributed by atoms with Gasteiger partial charge in [0.2, 0.25) is 0 Å². The molecule has 1 saturated heterocycles. The molecule has 38 heavy (non-hydrogen) atoms. The number of benzene rings is 1. The summed E-state index contributed by atoms with van der Waals surface area (Å²) < 4.78 is 29.3. The second-order valence-electron chi connectivity index (χ2n) is 10.1. The average molecular weight is 524 g/mol. The van der Waals surface area contributed by atoms with Gasteiger partial charge < -0.3 is 15.1 Å². The van der Waals surface area contributed by atoms with Crippen LogP contribution in [0.5, 0.6) is 0 Å². The monoisotopic (exact) mass is 523 g/mol. The maximum atomic E-state index is 14.2. The zero-order valence-electron chi connectivity index (χ0n) is 21.6. The molecule has 0 radical (unpaired) electrons. The predicted molar refractivity (Wildman–Crippen MR) is 139 cm³/mol. The van der Waals surface area contributed by atoms with Gasteiger partial charge in [0.25, 0.3) is 0 Å². The Hall–Kier alpha value is -3.54. The van der Waals surface area contributed by atoms with Crippen LogP contribution in [0.1, 0.15) is 38.1 Å². The van der Waals surface area contributed by atoms with Crippen molar-refractivity contribution in [1.82, 2.24) is 29.6 Å². The lowest BCUT2D eigenvalue weighted by Crippen LogP contribution is -2.46. The molecule has 11 heteroatoms. The number of aryl methyl sites for hydroxylation is 1. The van der Waals surface area contributed by atoms with Crippen molar-refractivity contribution in [1.29, 1.82) is 0 Å². The zero-order chi connectivity index (χ0) is 27.0. The van der Waals surface area contributed by atoms with E-state index in [1.165, 1.54) is 26.0 Å². The quantitative estimate of drug-likeness (QED) is 0.380. The van der Waals surface area contributed by atoms with Crippen LogP contribution in [-0.2, 0) is 13.1 Å². The van der Waals surface area contributed by atoms with E-state index >= 15 is 0 Å². The molecule has 9 nitrogen and oxygen atoms in total. The van der Waals surface area contributed by atoms with Crippen LogP contribution in [0.2, 0.25) is 0 Å². The van der Waals surface area contributed by atoms with Gasteiger partial charge >= 0.3 is 0 Å². The third-order valence-corrected chi connectivity index (χ3v) is 6.81. The van der Waals surface area contributed by atoms with Crippen LogP contribution in [0.3, 0.4) is 0 Å². The summed E-state index contributed by atoms with van der Waals surface area (Å²) >= 11 is 0. The molecule has 1 aliphatic heterocycles. The number of aliphatic hydroxyl groups is 2. The van der Waals surface area contributed by atoms with E-state index < -0.39 is 23.3 Å². The Morgan fingerprint density at radius 3 is 2.45 bits per heavy atom. The molecule has 2 N–H and O–H groups in total. The second-order valence-corrected chi connectivity index (χ2v) is 10.1. The van der Waals surface area contributed by atoms with Gasteiger partial charge in [0, 0.05) is 62.7 Å². The van der Waals surface area contributed by atoms with E-state index in [9.17, 15) is 19.0 Å². The smallest absolute Gasteiger partial charge is 0.156 e. The van der Waals surface area contributed by atoms with Gasteiger partial charge in [-0.25, -0.2) is 18.7 Å². The Balaban J connectivity index is 1.46. The minimum atomic E-state index is -1.37. The number of fused-ring (bicyclic) bond motifs is 1. The van der Waals surface area contributed by atoms with Gasteiger partial charge in [0.1, 0.15) is 28.9 Å². The summed E-state index contributed by atoms with van der Waals surface area (Å²) in [5.41, 5.74) is 2.01. The SMILES string of the molecule is CCn1cc(-c2nc3cnc([C@@H](O)C(C)(C)O)cc3nc2N2CCN(Cc3ccc(F)cc3F)CC2)cn1. The maximum absolute atomic E-state index is 14.2. The van der Waals surface area contributed by atoms with E-state index in [0.29, 0.717) is 73.1 Å². The molecule has 0 amide bonds. The number of hydrogen-bond donors (Lipinski definition) is 2. The summed E-state index contributed by atoms with van der Waals surface area (Å²) in [5, 5.41) is 25.2. The Bertz CT molecular complexity index is 1450. The lowest BCUT2D eigenvalue weighted by Gasteiger charge is -2.36. The number of hydrogen-bond acceptors (Lipinski definition) is 8. The van der Waals surface area contributed by atoms with Crippen molar-refractivity contribution in [3.05, 3.63) is 65.7 Å². The first-order chi connectivity index (χ1) is 18.1. The van der Waals surface area contributed by atoms with Gasteiger partial charge in [-0.05, 0) is 32.9 Å². The summed E-state index contributed by atoms with van der Waals surface area (Å²) in [4.78, 5) is 18.4. The van der Waals surface area contributed by atoms with Gasteiger partial charge in [0.15, 0.2) is 5.82 Å². The first-order valence-corrected chi connectivity index (χ1v) is 12.6. The molecule has 0 unspecified atom stereocenters. The molecule has 1 aromatic carbocycles. The van der Waals surface area contributed by atoms with Crippen LogP contribution in [0.4, 0.5) is 14.6 Å². The van der Waals surface area contributed by atoms with Gasteiger partial charge in [-0.15, -0.1) is 0 Å². The number of piperazine rings is 1. The molecule has 0 bridgehead atoms. The highest BCUT2D eigenvalue weighted by Gasteiger charge is 2.29. The summed E-state index contributed by atoms with van der Waals surface area (Å²) in [6.45, 7) is 8.72. The van der Waals surface area contributed by atoms with Crippen LogP contribution >= 0.6 is 0 Å². The van der Waals surface area contributed by atoms with Gasteiger partial charge in [-0.3, -0.25) is 14.6 Å². The normalized spacial score (nSPS) is 15.8. The molecule has 3 aromatic heterocycles. The molecule has 0 aliphatic carbocycles. The molecule has 1 atom stereocenters. The number of halogens is 2. The Labute approximate surface area is 219 Å². The predicted octanol–water partition coefficient (Wildman–Crippen LogP) is 3.31. The fraction of sp³-hybridized carbons (Fsp3) is 0.407. The minimum absolute atomic E-state index is 0.308. The lowest BCUT2D eigenvalue weighted by atomic mass is 9.98. The molecule has 4 heterocycles. The third-order valence-electron chi connectivity index (χ3n) is 6.81. The fourth-order valence-corrected chi connectivity index (χ4v) is 4.56. The molecule has 0 saturated carbocycles. The molecule has 5 rings (SSSR count). The van der Waals surface area contributed by atoms with Crippen LogP contribution in [0.15, 0.2) is 42.9 Å². The van der Waals surface area contributed by atoms with E-state index in [2.05, 4.69) is 19.9 Å². The molecular formula is C27H31F2N7O2. The summed E-state index contributed by atoms with van der Waals surface area (Å²) in [7, 11) is 0. The molecule has 1 fully saturated rings. The molecule has 0 spiro atoms. The lowest BCUT2D eigenvalue weighted by molar-refractivity contribution is -0.0516. The van der Waals surface area contributed by atoms with E-state index in [1.54, 1.807) is 18.5 Å². The molecule has 4 aromatic rings. The molecule has 200 valence electrons. The zero-order valence-corrected chi connectivity index (χ0v) is 21.6. The summed E-state index contributed by atoms with van der Waals surface area (Å²) in [6, 6.07) is 5.33. The second kappa shape index (κ2) is 10.3.